The van der Waals surface area contributed by atoms with Gasteiger partial charge in [0.05, 0.1) is 12.6 Å². The van der Waals surface area contributed by atoms with Gasteiger partial charge in [0.2, 0.25) is 6.79 Å². The molecule has 146 valence electrons. The van der Waals surface area contributed by atoms with Crippen LogP contribution in [0.2, 0.25) is 0 Å². The largest absolute Gasteiger partial charge is 0.459 e. The molecule has 0 saturated heterocycles. The van der Waals surface area contributed by atoms with Gasteiger partial charge in [0.25, 0.3) is 0 Å². The Bertz CT molecular complexity index is 868. The second kappa shape index (κ2) is 8.32. The Hall–Kier alpha value is -3.04. The zero-order chi connectivity index (χ0) is 20.1. The average Bonchev–Trinajstić information content (AvgIpc) is 3.09. The van der Waals surface area contributed by atoms with E-state index >= 15 is 0 Å². The van der Waals surface area contributed by atoms with Gasteiger partial charge < -0.3 is 14.2 Å². The van der Waals surface area contributed by atoms with Crippen LogP contribution in [-0.4, -0.2) is 29.8 Å². The summed E-state index contributed by atoms with van der Waals surface area (Å²) < 4.78 is 16.3. The van der Waals surface area contributed by atoms with Crippen LogP contribution in [0.15, 0.2) is 48.5 Å². The highest BCUT2D eigenvalue weighted by molar-refractivity contribution is 5.72. The fourth-order valence-electron chi connectivity index (χ4n) is 3.05. The molecular weight excluding hydrogens is 356 g/mol. The first-order chi connectivity index (χ1) is 13.4. The minimum Gasteiger partial charge on any atom is -0.459 e. The van der Waals surface area contributed by atoms with Gasteiger partial charge in [-0.1, -0.05) is 36.4 Å². The standard InChI is InChI=1S/C22H24N2O4/c1-22(2,3)28-21(25)14-24(13-16-7-5-4-6-8-16)18(12-23)17-9-10-19-20(11-17)27-15-26-19/h4-11,18H,13-15H2,1-3H3. The number of carbonyl (C=O) groups is 1. The summed E-state index contributed by atoms with van der Waals surface area (Å²) in [4.78, 5) is 14.3. The van der Waals surface area contributed by atoms with Gasteiger partial charge >= 0.3 is 5.97 Å². The predicted octanol–water partition coefficient (Wildman–Crippen LogP) is 3.82. The maximum atomic E-state index is 12.5. The van der Waals surface area contributed by atoms with Gasteiger partial charge in [-0.05, 0) is 44.0 Å². The van der Waals surface area contributed by atoms with E-state index < -0.39 is 11.6 Å². The summed E-state index contributed by atoms with van der Waals surface area (Å²) in [6, 6.07) is 16.8. The minimum atomic E-state index is -0.637. The molecule has 6 heteroatoms. The number of nitriles is 1. The van der Waals surface area contributed by atoms with Crippen molar-refractivity contribution in [1.29, 1.82) is 5.26 Å². The van der Waals surface area contributed by atoms with E-state index in [-0.39, 0.29) is 19.3 Å². The number of nitrogens with zero attached hydrogens (tertiary/aromatic N) is 2. The monoisotopic (exact) mass is 380 g/mol. The number of ether oxygens (including phenoxy) is 3. The van der Waals surface area contributed by atoms with Crippen LogP contribution in [0.5, 0.6) is 11.5 Å². The van der Waals surface area contributed by atoms with Crippen molar-refractivity contribution in [2.24, 2.45) is 0 Å². The molecule has 1 aliphatic rings. The molecule has 0 N–H and O–H groups in total. The van der Waals surface area contributed by atoms with Crippen molar-refractivity contribution in [2.75, 3.05) is 13.3 Å². The molecule has 3 rings (SSSR count). The number of rotatable bonds is 6. The molecule has 6 nitrogen and oxygen atoms in total. The predicted molar refractivity (Wildman–Crippen MR) is 104 cm³/mol. The van der Waals surface area contributed by atoms with Gasteiger partial charge in [-0.25, -0.2) is 0 Å². The highest BCUT2D eigenvalue weighted by atomic mass is 16.7. The minimum absolute atomic E-state index is 0.00116. The quantitative estimate of drug-likeness (QED) is 0.710. The van der Waals surface area contributed by atoms with E-state index in [1.807, 2.05) is 57.2 Å². The Kier molecular flexibility index (Phi) is 5.86. The maximum absolute atomic E-state index is 12.5. The van der Waals surface area contributed by atoms with Crippen molar-refractivity contribution in [2.45, 2.75) is 39.0 Å². The van der Waals surface area contributed by atoms with Gasteiger partial charge in [0.1, 0.15) is 11.6 Å². The van der Waals surface area contributed by atoms with Crippen molar-refractivity contribution in [3.05, 3.63) is 59.7 Å². The Labute approximate surface area is 165 Å². The first-order valence-corrected chi connectivity index (χ1v) is 9.15. The number of carbonyl (C=O) groups excluding carboxylic acids is 1. The van der Waals surface area contributed by atoms with Crippen LogP contribution in [-0.2, 0) is 16.1 Å². The van der Waals surface area contributed by atoms with Crippen LogP contribution in [0, 0.1) is 11.3 Å². The van der Waals surface area contributed by atoms with E-state index in [0.717, 1.165) is 11.1 Å². The molecule has 28 heavy (non-hydrogen) atoms. The molecule has 0 aliphatic carbocycles. The molecule has 0 radical (unpaired) electrons. The van der Waals surface area contributed by atoms with Gasteiger partial charge in [-0.3, -0.25) is 9.69 Å². The van der Waals surface area contributed by atoms with Crippen LogP contribution in [0.1, 0.15) is 37.9 Å². The Morgan fingerprint density at radius 1 is 1.18 bits per heavy atom. The molecule has 0 spiro atoms. The van der Waals surface area contributed by atoms with Gasteiger partial charge in [-0.15, -0.1) is 0 Å². The first-order valence-electron chi connectivity index (χ1n) is 9.15. The molecule has 0 bridgehead atoms. The molecule has 2 aromatic rings. The first kappa shape index (κ1) is 19.7. The zero-order valence-electron chi connectivity index (χ0n) is 16.3. The number of fused-ring (bicyclic) bond motifs is 1. The summed E-state index contributed by atoms with van der Waals surface area (Å²) in [5.41, 5.74) is 1.16. The Balaban J connectivity index is 1.87. The third-order valence-electron chi connectivity index (χ3n) is 4.18. The van der Waals surface area contributed by atoms with Gasteiger partial charge in [-0.2, -0.15) is 5.26 Å². The summed E-state index contributed by atoms with van der Waals surface area (Å²) in [6.07, 6.45) is 0. The molecule has 1 heterocycles. The third-order valence-corrected chi connectivity index (χ3v) is 4.18. The number of esters is 1. The summed E-state index contributed by atoms with van der Waals surface area (Å²) in [5, 5.41) is 9.91. The average molecular weight is 380 g/mol. The SMILES string of the molecule is CC(C)(C)OC(=O)CN(Cc1ccccc1)C(C#N)c1ccc2c(c1)OCO2. The third kappa shape index (κ3) is 5.02. The molecule has 1 aliphatic heterocycles. The van der Waals surface area contributed by atoms with Gasteiger partial charge in [0.15, 0.2) is 11.5 Å². The second-order valence-electron chi connectivity index (χ2n) is 7.62. The lowest BCUT2D eigenvalue weighted by Gasteiger charge is -2.28. The molecule has 0 saturated carbocycles. The lowest BCUT2D eigenvalue weighted by Crippen LogP contribution is -2.36. The van der Waals surface area contributed by atoms with E-state index in [9.17, 15) is 10.1 Å². The maximum Gasteiger partial charge on any atom is 0.320 e. The van der Waals surface area contributed by atoms with Crippen LogP contribution in [0.25, 0.3) is 0 Å². The zero-order valence-corrected chi connectivity index (χ0v) is 16.3. The van der Waals surface area contributed by atoms with E-state index in [1.165, 1.54) is 0 Å². The van der Waals surface area contributed by atoms with Crippen molar-refractivity contribution in [1.82, 2.24) is 4.90 Å². The fourth-order valence-corrected chi connectivity index (χ4v) is 3.05. The molecule has 0 aromatic heterocycles. The molecular formula is C22H24N2O4. The normalized spacial score (nSPS) is 13.8. The topological polar surface area (TPSA) is 71.8 Å². The van der Waals surface area contributed by atoms with Crippen LogP contribution in [0.3, 0.4) is 0 Å². The van der Waals surface area contributed by atoms with Crippen LogP contribution >= 0.6 is 0 Å². The molecule has 1 atom stereocenters. The molecule has 0 fully saturated rings. The highest BCUT2D eigenvalue weighted by Gasteiger charge is 2.27. The summed E-state index contributed by atoms with van der Waals surface area (Å²) >= 11 is 0. The Morgan fingerprint density at radius 3 is 2.57 bits per heavy atom. The van der Waals surface area contributed by atoms with E-state index in [1.54, 1.807) is 17.0 Å². The van der Waals surface area contributed by atoms with Crippen LogP contribution < -0.4 is 9.47 Å². The summed E-state index contributed by atoms with van der Waals surface area (Å²) in [6.45, 7) is 6.08. The summed E-state index contributed by atoms with van der Waals surface area (Å²) in [5.74, 6) is 0.890. The second-order valence-corrected chi connectivity index (χ2v) is 7.62. The lowest BCUT2D eigenvalue weighted by molar-refractivity contribution is -0.156. The number of hydrogen-bond donors (Lipinski definition) is 0. The summed E-state index contributed by atoms with van der Waals surface area (Å²) in [7, 11) is 0. The van der Waals surface area contributed by atoms with E-state index in [4.69, 9.17) is 14.2 Å². The van der Waals surface area contributed by atoms with Crippen molar-refractivity contribution < 1.29 is 19.0 Å². The highest BCUT2D eigenvalue weighted by Crippen LogP contribution is 2.35. The van der Waals surface area contributed by atoms with Crippen molar-refractivity contribution >= 4 is 5.97 Å². The Morgan fingerprint density at radius 2 is 1.89 bits per heavy atom. The van der Waals surface area contributed by atoms with Crippen molar-refractivity contribution in [3.63, 3.8) is 0 Å². The fraction of sp³-hybridized carbons (Fsp3) is 0.364. The van der Waals surface area contributed by atoms with Gasteiger partial charge in [0, 0.05) is 6.54 Å². The van der Waals surface area contributed by atoms with Crippen LogP contribution in [0.4, 0.5) is 0 Å². The smallest absolute Gasteiger partial charge is 0.320 e. The molecule has 1 unspecified atom stereocenters. The van der Waals surface area contributed by atoms with E-state index in [2.05, 4.69) is 6.07 Å². The molecule has 2 aromatic carbocycles. The number of benzene rings is 2. The molecule has 0 amide bonds. The lowest BCUT2D eigenvalue weighted by atomic mass is 10.0. The van der Waals surface area contributed by atoms with E-state index in [0.29, 0.717) is 18.0 Å². The number of hydrogen-bond acceptors (Lipinski definition) is 6. The van der Waals surface area contributed by atoms with Crippen molar-refractivity contribution in [3.8, 4) is 17.6 Å².